The molecule has 0 bridgehead atoms. The number of nitriles is 1. The summed E-state index contributed by atoms with van der Waals surface area (Å²) < 4.78 is 0. The van der Waals surface area contributed by atoms with E-state index in [0.717, 1.165) is 11.3 Å². The smallest absolute Gasteiger partial charge is 0.271 e. The number of nitrogens with zero attached hydrogens (tertiary/aromatic N) is 3. The van der Waals surface area contributed by atoms with Crippen LogP contribution in [0.3, 0.4) is 0 Å². The monoisotopic (exact) mass is 329 g/mol. The van der Waals surface area contributed by atoms with Gasteiger partial charge in [0.1, 0.15) is 11.5 Å². The van der Waals surface area contributed by atoms with Crippen LogP contribution in [0.4, 0.5) is 11.5 Å². The number of anilines is 2. The van der Waals surface area contributed by atoms with Crippen molar-refractivity contribution in [2.45, 2.75) is 6.54 Å². The Morgan fingerprint density at radius 1 is 1.04 bits per heavy atom. The standard InChI is InChI=1S/C19H15N5O/c20-10-15-7-4-8-16(9-15)24-18-13-21-17(12-22-18)19(25)23-11-14-5-2-1-3-6-14/h1-9,12-13H,11H2,(H,22,24)(H,23,25). The van der Waals surface area contributed by atoms with E-state index < -0.39 is 0 Å². The molecule has 0 unspecified atom stereocenters. The number of amides is 1. The van der Waals surface area contributed by atoms with E-state index in [4.69, 9.17) is 5.26 Å². The van der Waals surface area contributed by atoms with Gasteiger partial charge in [0.25, 0.3) is 5.91 Å². The molecule has 2 N–H and O–H groups in total. The highest BCUT2D eigenvalue weighted by molar-refractivity contribution is 5.92. The highest BCUT2D eigenvalue weighted by Crippen LogP contribution is 2.15. The molecule has 1 amide bonds. The van der Waals surface area contributed by atoms with Crippen molar-refractivity contribution < 1.29 is 4.79 Å². The maximum absolute atomic E-state index is 12.1. The zero-order chi connectivity index (χ0) is 17.5. The van der Waals surface area contributed by atoms with Crippen LogP contribution in [0, 0.1) is 11.3 Å². The third-order valence-corrected chi connectivity index (χ3v) is 3.44. The molecule has 3 rings (SSSR count). The Bertz CT molecular complexity index is 901. The third-order valence-electron chi connectivity index (χ3n) is 3.44. The molecule has 2 aromatic carbocycles. The van der Waals surface area contributed by atoms with Gasteiger partial charge in [-0.25, -0.2) is 9.97 Å². The summed E-state index contributed by atoms with van der Waals surface area (Å²) in [7, 11) is 0. The maximum Gasteiger partial charge on any atom is 0.271 e. The quantitative estimate of drug-likeness (QED) is 0.751. The number of carbonyl (C=O) groups excluding carboxylic acids is 1. The van der Waals surface area contributed by atoms with Crippen LogP contribution in [0.5, 0.6) is 0 Å². The summed E-state index contributed by atoms with van der Waals surface area (Å²) >= 11 is 0. The molecule has 0 saturated carbocycles. The van der Waals surface area contributed by atoms with Crippen molar-refractivity contribution in [1.82, 2.24) is 15.3 Å². The van der Waals surface area contributed by atoms with Gasteiger partial charge in [0.2, 0.25) is 0 Å². The predicted molar refractivity (Wildman–Crippen MR) is 94.1 cm³/mol. The predicted octanol–water partition coefficient (Wildman–Crippen LogP) is 3.02. The number of benzene rings is 2. The molecule has 0 saturated heterocycles. The summed E-state index contributed by atoms with van der Waals surface area (Å²) in [5.74, 6) is 0.212. The molecule has 0 aliphatic rings. The lowest BCUT2D eigenvalue weighted by molar-refractivity contribution is 0.0945. The lowest BCUT2D eigenvalue weighted by Crippen LogP contribution is -2.24. The fraction of sp³-hybridized carbons (Fsp3) is 0.0526. The molecule has 6 nitrogen and oxygen atoms in total. The first-order valence-electron chi connectivity index (χ1n) is 7.66. The van der Waals surface area contributed by atoms with Crippen LogP contribution in [0.15, 0.2) is 67.0 Å². The van der Waals surface area contributed by atoms with Crippen LogP contribution >= 0.6 is 0 Å². The van der Waals surface area contributed by atoms with E-state index in [1.165, 1.54) is 12.4 Å². The van der Waals surface area contributed by atoms with Crippen molar-refractivity contribution in [1.29, 1.82) is 5.26 Å². The topological polar surface area (TPSA) is 90.7 Å². The summed E-state index contributed by atoms with van der Waals surface area (Å²) in [5.41, 5.74) is 2.54. The van der Waals surface area contributed by atoms with E-state index in [2.05, 4.69) is 26.7 Å². The first-order valence-corrected chi connectivity index (χ1v) is 7.66. The van der Waals surface area contributed by atoms with Crippen LogP contribution in [0.2, 0.25) is 0 Å². The van der Waals surface area contributed by atoms with E-state index in [1.807, 2.05) is 36.4 Å². The van der Waals surface area contributed by atoms with Crippen molar-refractivity contribution in [3.05, 3.63) is 83.8 Å². The zero-order valence-corrected chi connectivity index (χ0v) is 13.3. The van der Waals surface area contributed by atoms with Crippen molar-refractivity contribution in [2.75, 3.05) is 5.32 Å². The Hall–Kier alpha value is -3.72. The first kappa shape index (κ1) is 16.1. The number of hydrogen-bond acceptors (Lipinski definition) is 5. The van der Waals surface area contributed by atoms with Gasteiger partial charge in [-0.3, -0.25) is 4.79 Å². The summed E-state index contributed by atoms with van der Waals surface area (Å²) in [6.07, 6.45) is 2.90. The van der Waals surface area contributed by atoms with Crippen LogP contribution < -0.4 is 10.6 Å². The molecule has 1 aromatic heterocycles. The SMILES string of the molecule is N#Cc1cccc(Nc2cnc(C(=O)NCc3ccccc3)cn2)c1. The molecule has 0 aliphatic carbocycles. The number of aromatic nitrogens is 2. The van der Waals surface area contributed by atoms with E-state index in [-0.39, 0.29) is 11.6 Å². The fourth-order valence-electron chi connectivity index (χ4n) is 2.19. The van der Waals surface area contributed by atoms with Crippen LogP contribution in [-0.2, 0) is 6.54 Å². The lowest BCUT2D eigenvalue weighted by Gasteiger charge is -2.07. The van der Waals surface area contributed by atoms with E-state index >= 15 is 0 Å². The zero-order valence-electron chi connectivity index (χ0n) is 13.3. The van der Waals surface area contributed by atoms with Gasteiger partial charge in [0.05, 0.1) is 24.0 Å². The van der Waals surface area contributed by atoms with Crippen molar-refractivity contribution in [2.24, 2.45) is 0 Å². The molecule has 0 fully saturated rings. The van der Waals surface area contributed by atoms with Gasteiger partial charge < -0.3 is 10.6 Å². The summed E-state index contributed by atoms with van der Waals surface area (Å²) in [4.78, 5) is 20.4. The van der Waals surface area contributed by atoms with Crippen LogP contribution in [0.25, 0.3) is 0 Å². The summed E-state index contributed by atoms with van der Waals surface area (Å²) in [5, 5.41) is 14.8. The highest BCUT2D eigenvalue weighted by atomic mass is 16.1. The molecule has 6 heteroatoms. The van der Waals surface area contributed by atoms with Crippen molar-refractivity contribution >= 4 is 17.4 Å². The van der Waals surface area contributed by atoms with Gasteiger partial charge >= 0.3 is 0 Å². The van der Waals surface area contributed by atoms with Gasteiger partial charge in [-0.2, -0.15) is 5.26 Å². The Morgan fingerprint density at radius 2 is 1.88 bits per heavy atom. The van der Waals surface area contributed by atoms with Gasteiger partial charge in [-0.05, 0) is 23.8 Å². The molecular formula is C19H15N5O. The Kier molecular flexibility index (Phi) is 4.98. The molecule has 122 valence electrons. The third kappa shape index (κ3) is 4.39. The lowest BCUT2D eigenvalue weighted by atomic mass is 10.2. The number of carbonyl (C=O) groups is 1. The summed E-state index contributed by atoms with van der Waals surface area (Å²) in [6.45, 7) is 0.433. The minimum absolute atomic E-state index is 0.243. The Balaban J connectivity index is 1.61. The fourth-order valence-corrected chi connectivity index (χ4v) is 2.19. The average molecular weight is 329 g/mol. The number of nitrogens with one attached hydrogen (secondary N) is 2. The van der Waals surface area contributed by atoms with Gasteiger partial charge in [0, 0.05) is 12.2 Å². The second kappa shape index (κ2) is 7.70. The second-order valence-electron chi connectivity index (χ2n) is 5.27. The van der Waals surface area contributed by atoms with Gasteiger partial charge in [0.15, 0.2) is 0 Å². The van der Waals surface area contributed by atoms with E-state index in [9.17, 15) is 4.79 Å². The molecule has 0 atom stereocenters. The minimum atomic E-state index is -0.283. The van der Waals surface area contributed by atoms with E-state index in [1.54, 1.807) is 18.2 Å². The first-order chi connectivity index (χ1) is 12.2. The molecule has 0 spiro atoms. The minimum Gasteiger partial charge on any atom is -0.347 e. The molecule has 1 heterocycles. The van der Waals surface area contributed by atoms with Crippen LogP contribution in [-0.4, -0.2) is 15.9 Å². The van der Waals surface area contributed by atoms with Gasteiger partial charge in [-0.15, -0.1) is 0 Å². The number of hydrogen-bond donors (Lipinski definition) is 2. The van der Waals surface area contributed by atoms with Crippen LogP contribution in [0.1, 0.15) is 21.6 Å². The molecule has 0 radical (unpaired) electrons. The Morgan fingerprint density at radius 3 is 2.60 bits per heavy atom. The van der Waals surface area contributed by atoms with Crippen molar-refractivity contribution in [3.8, 4) is 6.07 Å². The highest BCUT2D eigenvalue weighted by Gasteiger charge is 2.08. The molecular weight excluding hydrogens is 314 g/mol. The molecule has 0 aliphatic heterocycles. The van der Waals surface area contributed by atoms with Crippen molar-refractivity contribution in [3.63, 3.8) is 0 Å². The average Bonchev–Trinajstić information content (AvgIpc) is 2.67. The second-order valence-corrected chi connectivity index (χ2v) is 5.27. The maximum atomic E-state index is 12.1. The Labute approximate surface area is 145 Å². The largest absolute Gasteiger partial charge is 0.347 e. The normalized spacial score (nSPS) is 9.88. The van der Waals surface area contributed by atoms with E-state index in [0.29, 0.717) is 17.9 Å². The molecule has 25 heavy (non-hydrogen) atoms. The summed E-state index contributed by atoms with van der Waals surface area (Å²) in [6, 6.07) is 18.7. The molecule has 3 aromatic rings. The number of rotatable bonds is 5. The van der Waals surface area contributed by atoms with Gasteiger partial charge in [-0.1, -0.05) is 36.4 Å².